The number of sulfone groups is 1. The Morgan fingerprint density at radius 3 is 2.41 bits per heavy atom. The number of rotatable bonds is 9. The molecule has 0 aliphatic heterocycles. The summed E-state index contributed by atoms with van der Waals surface area (Å²) in [5, 5.41) is 2.76. The maximum absolute atomic E-state index is 11.9. The summed E-state index contributed by atoms with van der Waals surface area (Å²) < 4.78 is 28.6. The van der Waals surface area contributed by atoms with Crippen LogP contribution in [0.25, 0.3) is 0 Å². The van der Waals surface area contributed by atoms with Gasteiger partial charge in [0.2, 0.25) is 0 Å². The van der Waals surface area contributed by atoms with Gasteiger partial charge in [0, 0.05) is 19.2 Å². The van der Waals surface area contributed by atoms with E-state index in [9.17, 15) is 13.2 Å². The number of carbonyl (C=O) groups excluding carboxylic acids is 1. The summed E-state index contributed by atoms with van der Waals surface area (Å²) in [6, 6.07) is 5.91. The van der Waals surface area contributed by atoms with Crippen LogP contribution in [0.5, 0.6) is 0 Å². The minimum absolute atomic E-state index is 0. The van der Waals surface area contributed by atoms with Gasteiger partial charge in [0.05, 0.1) is 17.3 Å². The third-order valence-corrected chi connectivity index (χ3v) is 4.64. The third kappa shape index (κ3) is 6.74. The largest absolute Gasteiger partial charge is 0.384 e. The molecular formula is C14H23ClN2O4S. The molecule has 0 bridgehead atoms. The minimum Gasteiger partial charge on any atom is -0.384 e. The van der Waals surface area contributed by atoms with Crippen molar-refractivity contribution in [2.75, 3.05) is 32.6 Å². The van der Waals surface area contributed by atoms with E-state index in [1.54, 1.807) is 0 Å². The number of nitrogens with two attached hydrogens (primary N) is 1. The molecule has 0 fully saturated rings. The highest BCUT2D eigenvalue weighted by molar-refractivity contribution is 7.91. The minimum atomic E-state index is -3.36. The van der Waals surface area contributed by atoms with Crippen molar-refractivity contribution in [1.29, 1.82) is 0 Å². The number of nitrogens with one attached hydrogen (secondary N) is 1. The zero-order valence-corrected chi connectivity index (χ0v) is 14.2. The SMILES string of the molecule is COCCS(=O)(=O)c1ccc(C(=O)NCCCCN)cc1.Cl. The van der Waals surface area contributed by atoms with Gasteiger partial charge in [-0.15, -0.1) is 12.4 Å². The molecule has 6 nitrogen and oxygen atoms in total. The van der Waals surface area contributed by atoms with Crippen LogP contribution < -0.4 is 11.1 Å². The number of amides is 1. The number of halogens is 1. The first-order valence-electron chi connectivity index (χ1n) is 6.81. The quantitative estimate of drug-likeness (QED) is 0.647. The van der Waals surface area contributed by atoms with Gasteiger partial charge in [-0.2, -0.15) is 0 Å². The van der Waals surface area contributed by atoms with Gasteiger partial charge in [0.1, 0.15) is 0 Å². The average molecular weight is 351 g/mol. The Bertz CT molecular complexity index is 546. The number of ether oxygens (including phenoxy) is 1. The summed E-state index contributed by atoms with van der Waals surface area (Å²) in [6.45, 7) is 1.31. The molecule has 3 N–H and O–H groups in total. The van der Waals surface area contributed by atoms with Crippen molar-refractivity contribution in [3.63, 3.8) is 0 Å². The summed E-state index contributed by atoms with van der Waals surface area (Å²) in [4.78, 5) is 12.0. The second-order valence-corrected chi connectivity index (χ2v) is 6.70. The topological polar surface area (TPSA) is 98.5 Å². The van der Waals surface area contributed by atoms with Crippen LogP contribution in [0.1, 0.15) is 23.2 Å². The first kappa shape index (κ1) is 20.9. The van der Waals surface area contributed by atoms with E-state index in [1.807, 2.05) is 0 Å². The lowest BCUT2D eigenvalue weighted by Gasteiger charge is -2.07. The molecule has 1 aromatic rings. The second kappa shape index (κ2) is 10.6. The zero-order chi connectivity index (χ0) is 15.7. The lowest BCUT2D eigenvalue weighted by molar-refractivity contribution is 0.0953. The summed E-state index contributed by atoms with van der Waals surface area (Å²) in [7, 11) is -1.91. The molecule has 126 valence electrons. The van der Waals surface area contributed by atoms with Crippen LogP contribution in [0, 0.1) is 0 Å². The third-order valence-electron chi connectivity index (χ3n) is 2.95. The molecule has 0 aliphatic rings. The number of carbonyl (C=O) groups is 1. The predicted molar refractivity (Wildman–Crippen MR) is 88.2 cm³/mol. The van der Waals surface area contributed by atoms with E-state index >= 15 is 0 Å². The predicted octanol–water partition coefficient (Wildman–Crippen LogP) is 0.997. The molecule has 0 saturated carbocycles. The van der Waals surface area contributed by atoms with Crippen molar-refractivity contribution in [2.45, 2.75) is 17.7 Å². The van der Waals surface area contributed by atoms with E-state index in [2.05, 4.69) is 5.32 Å². The van der Waals surface area contributed by atoms with E-state index in [0.717, 1.165) is 12.8 Å². The Kier molecular flexibility index (Phi) is 10.0. The number of unbranched alkanes of at least 4 members (excludes halogenated alkanes) is 1. The molecular weight excluding hydrogens is 328 g/mol. The fraction of sp³-hybridized carbons (Fsp3) is 0.500. The van der Waals surface area contributed by atoms with Crippen LogP contribution in [0.2, 0.25) is 0 Å². The molecule has 1 aromatic carbocycles. The van der Waals surface area contributed by atoms with Gasteiger partial charge < -0.3 is 15.8 Å². The van der Waals surface area contributed by atoms with E-state index in [0.29, 0.717) is 18.7 Å². The summed E-state index contributed by atoms with van der Waals surface area (Å²) in [6.07, 6.45) is 1.68. The van der Waals surface area contributed by atoms with Gasteiger partial charge in [0.15, 0.2) is 9.84 Å². The number of hydrogen-bond acceptors (Lipinski definition) is 5. The Labute approximate surface area is 137 Å². The van der Waals surface area contributed by atoms with Crippen molar-refractivity contribution in [3.05, 3.63) is 29.8 Å². The highest BCUT2D eigenvalue weighted by atomic mass is 35.5. The molecule has 0 atom stereocenters. The maximum atomic E-state index is 11.9. The van der Waals surface area contributed by atoms with E-state index in [4.69, 9.17) is 10.5 Å². The molecule has 0 aromatic heterocycles. The number of hydrogen-bond donors (Lipinski definition) is 2. The monoisotopic (exact) mass is 350 g/mol. The van der Waals surface area contributed by atoms with Crippen molar-refractivity contribution < 1.29 is 17.9 Å². The van der Waals surface area contributed by atoms with Gasteiger partial charge in [-0.05, 0) is 43.7 Å². The maximum Gasteiger partial charge on any atom is 0.251 e. The number of methoxy groups -OCH3 is 1. The van der Waals surface area contributed by atoms with Crippen LogP contribution in [0.3, 0.4) is 0 Å². The lowest BCUT2D eigenvalue weighted by atomic mass is 10.2. The normalized spacial score (nSPS) is 10.8. The zero-order valence-electron chi connectivity index (χ0n) is 12.6. The average Bonchev–Trinajstić information content (AvgIpc) is 2.49. The van der Waals surface area contributed by atoms with Crippen LogP contribution in [0.15, 0.2) is 29.2 Å². The summed E-state index contributed by atoms with van der Waals surface area (Å²) >= 11 is 0. The summed E-state index contributed by atoms with van der Waals surface area (Å²) in [5.41, 5.74) is 5.81. The van der Waals surface area contributed by atoms with Crippen molar-refractivity contribution >= 4 is 28.2 Å². The van der Waals surface area contributed by atoms with E-state index in [1.165, 1.54) is 31.4 Å². The van der Waals surface area contributed by atoms with E-state index < -0.39 is 9.84 Å². The molecule has 22 heavy (non-hydrogen) atoms. The van der Waals surface area contributed by atoms with E-state index in [-0.39, 0.29) is 35.6 Å². The lowest BCUT2D eigenvalue weighted by Crippen LogP contribution is -2.24. The van der Waals surface area contributed by atoms with Crippen LogP contribution in [0.4, 0.5) is 0 Å². The van der Waals surface area contributed by atoms with Gasteiger partial charge in [-0.25, -0.2) is 8.42 Å². The molecule has 0 radical (unpaired) electrons. The highest BCUT2D eigenvalue weighted by Crippen LogP contribution is 2.12. The molecule has 0 aliphatic carbocycles. The van der Waals surface area contributed by atoms with Gasteiger partial charge in [-0.3, -0.25) is 4.79 Å². The van der Waals surface area contributed by atoms with Crippen LogP contribution in [-0.4, -0.2) is 46.9 Å². The Morgan fingerprint density at radius 1 is 1.23 bits per heavy atom. The van der Waals surface area contributed by atoms with Crippen molar-refractivity contribution in [3.8, 4) is 0 Å². The smallest absolute Gasteiger partial charge is 0.251 e. The first-order chi connectivity index (χ1) is 10.0. The second-order valence-electron chi connectivity index (χ2n) is 4.59. The van der Waals surface area contributed by atoms with Crippen LogP contribution in [-0.2, 0) is 14.6 Å². The molecule has 0 heterocycles. The Hall–Kier alpha value is -1.15. The standard InChI is InChI=1S/C14H22N2O4S.ClH/c1-20-10-11-21(18,19)13-6-4-12(5-7-13)14(17)16-9-3-2-8-15;/h4-7H,2-3,8-11,15H2,1H3,(H,16,17);1H. The Balaban J connectivity index is 0.00000441. The van der Waals surface area contributed by atoms with Crippen LogP contribution >= 0.6 is 12.4 Å². The molecule has 0 unspecified atom stereocenters. The van der Waals surface area contributed by atoms with Crippen molar-refractivity contribution in [1.82, 2.24) is 5.32 Å². The fourth-order valence-corrected chi connectivity index (χ4v) is 2.87. The van der Waals surface area contributed by atoms with Gasteiger partial charge in [0.25, 0.3) is 5.91 Å². The molecule has 0 saturated heterocycles. The van der Waals surface area contributed by atoms with Crippen molar-refractivity contribution in [2.24, 2.45) is 5.73 Å². The molecule has 0 spiro atoms. The molecule has 1 amide bonds. The fourth-order valence-electron chi connectivity index (χ4n) is 1.70. The molecule has 1 rings (SSSR count). The van der Waals surface area contributed by atoms with Gasteiger partial charge in [-0.1, -0.05) is 0 Å². The highest BCUT2D eigenvalue weighted by Gasteiger charge is 2.14. The van der Waals surface area contributed by atoms with Gasteiger partial charge >= 0.3 is 0 Å². The summed E-state index contributed by atoms with van der Waals surface area (Å²) in [5.74, 6) is -0.290. The Morgan fingerprint density at radius 2 is 1.86 bits per heavy atom. The first-order valence-corrected chi connectivity index (χ1v) is 8.46. The number of benzene rings is 1. The molecule has 8 heteroatoms.